The summed E-state index contributed by atoms with van der Waals surface area (Å²) in [5.74, 6) is -2.66. The molecule has 2 N–H and O–H groups in total. The number of nitriles is 1. The molecule has 11 heteroatoms. The smallest absolute Gasteiger partial charge is 0.310 e. The predicted octanol–water partition coefficient (Wildman–Crippen LogP) is 2.64. The molecule has 6 rings (SSSR count). The minimum absolute atomic E-state index is 0.114. The highest BCUT2D eigenvalue weighted by molar-refractivity contribution is 5.49. The van der Waals surface area contributed by atoms with Crippen molar-refractivity contribution < 1.29 is 38.8 Å². The van der Waals surface area contributed by atoms with Crippen LogP contribution in [0.5, 0.6) is 23.0 Å². The summed E-state index contributed by atoms with van der Waals surface area (Å²) in [6, 6.07) is 9.83. The molecule has 0 amide bonds. The predicted molar refractivity (Wildman–Crippen MR) is 99.0 cm³/mol. The fourth-order valence-corrected chi connectivity index (χ4v) is 4.21. The Balaban J connectivity index is 1.41. The first kappa shape index (κ1) is 19.4. The van der Waals surface area contributed by atoms with Gasteiger partial charge >= 0.3 is 5.69 Å². The number of hydrogen-bond donors (Lipinski definition) is 2. The van der Waals surface area contributed by atoms with Gasteiger partial charge in [0.05, 0.1) is 23.0 Å². The van der Waals surface area contributed by atoms with Crippen LogP contribution in [0.4, 0.5) is 5.69 Å². The number of hydrogen-bond acceptors (Lipinski definition) is 10. The summed E-state index contributed by atoms with van der Waals surface area (Å²) in [7, 11) is 0. The van der Waals surface area contributed by atoms with Crippen LogP contribution in [-0.2, 0) is 14.2 Å². The molecule has 11 nitrogen and oxygen atoms in total. The van der Waals surface area contributed by atoms with Crippen LogP contribution in [0, 0.1) is 21.4 Å². The number of nitro benzene ring substituents is 1. The minimum Gasteiger partial charge on any atom is -0.506 e. The first-order chi connectivity index (χ1) is 14.8. The highest BCUT2D eigenvalue weighted by atomic mass is 16.9. The standard InChI is InChI=1S/C20H16N2O9/c21-9-11-1-2-12(5-16(11)23)28-19-7-14-8-20(10-19,31-18(27-14)30-19)29-13-3-4-15(22(25)26)17(24)6-13/h1-6,14,18,23-24H,7-8,10H2/t14-,18+,19+,20-/m0/s1. The highest BCUT2D eigenvalue weighted by Gasteiger charge is 2.64. The van der Waals surface area contributed by atoms with Crippen molar-refractivity contribution in [3.63, 3.8) is 0 Å². The summed E-state index contributed by atoms with van der Waals surface area (Å²) in [5.41, 5.74) is -0.325. The molecule has 0 radical (unpaired) electrons. The van der Waals surface area contributed by atoms with Crippen molar-refractivity contribution in [1.82, 2.24) is 0 Å². The number of rotatable bonds is 5. The zero-order valence-electron chi connectivity index (χ0n) is 15.9. The third-order valence-corrected chi connectivity index (χ3v) is 5.38. The van der Waals surface area contributed by atoms with Crippen LogP contribution >= 0.6 is 0 Å². The molecule has 31 heavy (non-hydrogen) atoms. The highest BCUT2D eigenvalue weighted by Crippen LogP contribution is 2.52. The lowest BCUT2D eigenvalue weighted by Gasteiger charge is -2.58. The van der Waals surface area contributed by atoms with Crippen LogP contribution in [0.1, 0.15) is 24.8 Å². The Morgan fingerprint density at radius 3 is 2.19 bits per heavy atom. The van der Waals surface area contributed by atoms with Crippen molar-refractivity contribution in [2.24, 2.45) is 0 Å². The lowest BCUT2D eigenvalue weighted by molar-refractivity contribution is -0.528. The second-order valence-corrected chi connectivity index (χ2v) is 7.59. The maximum Gasteiger partial charge on any atom is 0.310 e. The van der Waals surface area contributed by atoms with Gasteiger partial charge in [-0.2, -0.15) is 5.26 Å². The minimum atomic E-state index is -1.21. The molecular formula is C20H16N2O9. The summed E-state index contributed by atoms with van der Waals surface area (Å²) in [4.78, 5) is 10.2. The summed E-state index contributed by atoms with van der Waals surface area (Å²) in [6.07, 6.45) is 0.563. The van der Waals surface area contributed by atoms with E-state index in [1.165, 1.54) is 18.2 Å². The van der Waals surface area contributed by atoms with Gasteiger partial charge in [-0.05, 0) is 18.2 Å². The van der Waals surface area contributed by atoms with E-state index in [9.17, 15) is 20.3 Å². The van der Waals surface area contributed by atoms with Crippen molar-refractivity contribution in [2.45, 2.75) is 43.4 Å². The van der Waals surface area contributed by atoms with E-state index < -0.39 is 34.4 Å². The molecule has 2 aromatic rings. The van der Waals surface area contributed by atoms with E-state index >= 15 is 0 Å². The first-order valence-corrected chi connectivity index (χ1v) is 9.38. The Kier molecular flexibility index (Phi) is 4.19. The quantitative estimate of drug-likeness (QED) is 0.536. The maximum absolute atomic E-state index is 10.9. The van der Waals surface area contributed by atoms with E-state index in [1.807, 2.05) is 6.07 Å². The van der Waals surface area contributed by atoms with E-state index in [-0.39, 0.29) is 29.6 Å². The Morgan fingerprint density at radius 2 is 1.68 bits per heavy atom. The number of phenolic OH excluding ortho intramolecular Hbond substituents is 2. The summed E-state index contributed by atoms with van der Waals surface area (Å²) in [6.45, 7) is -1.06. The van der Waals surface area contributed by atoms with Crippen LogP contribution in [0.2, 0.25) is 0 Å². The monoisotopic (exact) mass is 428 g/mol. The topological polar surface area (TPSA) is 154 Å². The summed E-state index contributed by atoms with van der Waals surface area (Å²) in [5, 5.41) is 39.7. The zero-order valence-corrected chi connectivity index (χ0v) is 15.9. The molecule has 2 aromatic carbocycles. The molecule has 3 aliphatic heterocycles. The van der Waals surface area contributed by atoms with E-state index in [4.69, 9.17) is 28.9 Å². The van der Waals surface area contributed by atoms with Crippen molar-refractivity contribution >= 4 is 5.69 Å². The summed E-state index contributed by atoms with van der Waals surface area (Å²) < 4.78 is 29.3. The molecule has 4 aliphatic rings. The van der Waals surface area contributed by atoms with E-state index in [0.29, 0.717) is 18.6 Å². The molecule has 4 fully saturated rings. The first-order valence-electron chi connectivity index (χ1n) is 9.38. The van der Waals surface area contributed by atoms with Crippen molar-refractivity contribution in [2.75, 3.05) is 0 Å². The van der Waals surface area contributed by atoms with E-state index in [2.05, 4.69) is 0 Å². The normalized spacial score (nSPS) is 30.5. The molecule has 160 valence electrons. The fourth-order valence-electron chi connectivity index (χ4n) is 4.21. The number of phenols is 2. The summed E-state index contributed by atoms with van der Waals surface area (Å²) >= 11 is 0. The number of nitrogens with zero attached hydrogens (tertiary/aromatic N) is 2. The average Bonchev–Trinajstić information content (AvgIpc) is 2.66. The Bertz CT molecular complexity index is 1100. The van der Waals surface area contributed by atoms with Crippen LogP contribution in [0.15, 0.2) is 36.4 Å². The Labute approximate surface area is 175 Å². The van der Waals surface area contributed by atoms with Gasteiger partial charge in [0.2, 0.25) is 11.6 Å². The number of nitro groups is 1. The van der Waals surface area contributed by atoms with Crippen LogP contribution in [0.3, 0.4) is 0 Å². The van der Waals surface area contributed by atoms with Gasteiger partial charge < -0.3 is 24.4 Å². The van der Waals surface area contributed by atoms with Gasteiger partial charge in [-0.3, -0.25) is 19.6 Å². The molecule has 1 aliphatic carbocycles. The molecule has 0 aromatic heterocycles. The molecule has 0 spiro atoms. The lowest BCUT2D eigenvalue weighted by atomic mass is 9.84. The van der Waals surface area contributed by atoms with Gasteiger partial charge in [0.15, 0.2) is 5.75 Å². The van der Waals surface area contributed by atoms with Gasteiger partial charge in [-0.15, -0.1) is 0 Å². The SMILES string of the molecule is N#Cc1ccc(O[C@@]23C[C@H]4C[C@@](Oc5ccc([N+](=O)[O-])c(O)c5)(C2)O[C@H](O4)O3)cc1O. The van der Waals surface area contributed by atoms with Crippen LogP contribution in [-0.4, -0.2) is 39.3 Å². The molecule has 4 atom stereocenters. The number of benzene rings is 2. The van der Waals surface area contributed by atoms with Crippen molar-refractivity contribution in [1.29, 1.82) is 5.26 Å². The largest absolute Gasteiger partial charge is 0.506 e. The van der Waals surface area contributed by atoms with Crippen LogP contribution < -0.4 is 9.47 Å². The maximum atomic E-state index is 10.9. The van der Waals surface area contributed by atoms with Gasteiger partial charge in [0.1, 0.15) is 23.3 Å². The Hall–Kier alpha value is -3.59. The van der Waals surface area contributed by atoms with E-state index in [0.717, 1.165) is 12.1 Å². The third kappa shape index (κ3) is 3.36. The molecule has 3 heterocycles. The number of aromatic hydroxyl groups is 2. The average molecular weight is 428 g/mol. The lowest BCUT2D eigenvalue weighted by Crippen LogP contribution is -2.70. The van der Waals surface area contributed by atoms with Crippen molar-refractivity contribution in [3.05, 3.63) is 52.1 Å². The molecule has 4 bridgehead atoms. The van der Waals surface area contributed by atoms with Gasteiger partial charge in [-0.25, -0.2) is 0 Å². The molecule has 3 saturated heterocycles. The molecular weight excluding hydrogens is 412 g/mol. The third-order valence-electron chi connectivity index (χ3n) is 5.38. The van der Waals surface area contributed by atoms with E-state index in [1.54, 1.807) is 6.07 Å². The van der Waals surface area contributed by atoms with Gasteiger partial charge in [0.25, 0.3) is 6.48 Å². The molecule has 0 unspecified atom stereocenters. The number of ether oxygens (including phenoxy) is 5. The van der Waals surface area contributed by atoms with Crippen LogP contribution in [0.25, 0.3) is 0 Å². The van der Waals surface area contributed by atoms with Gasteiger partial charge in [-0.1, -0.05) is 0 Å². The zero-order chi connectivity index (χ0) is 21.8. The Morgan fingerprint density at radius 1 is 1.06 bits per heavy atom. The second-order valence-electron chi connectivity index (χ2n) is 7.59. The van der Waals surface area contributed by atoms with Gasteiger partial charge in [0, 0.05) is 31.0 Å². The molecule has 1 saturated carbocycles. The fraction of sp³-hybridized carbons (Fsp3) is 0.350. The van der Waals surface area contributed by atoms with Crippen molar-refractivity contribution in [3.8, 4) is 29.1 Å². The second kappa shape index (κ2) is 6.71.